The van der Waals surface area contributed by atoms with Gasteiger partial charge in [-0.3, -0.25) is 4.79 Å². The number of aryl methyl sites for hydroxylation is 1. The molecule has 0 aliphatic rings. The number of carbonyl (C=O) groups excluding carboxylic acids is 1. The van der Waals surface area contributed by atoms with E-state index in [2.05, 4.69) is 0 Å². The fourth-order valence-electron chi connectivity index (χ4n) is 2.06. The quantitative estimate of drug-likeness (QED) is 0.847. The number of Topliss-reactive ketones (excluding diaryl/α,β-unsaturated/α-hetero) is 1. The maximum absolute atomic E-state index is 12.0. The minimum absolute atomic E-state index is 0.0280. The Hall–Kier alpha value is -2.29. The molecule has 0 aromatic heterocycles. The van der Waals surface area contributed by atoms with Crippen molar-refractivity contribution in [3.05, 3.63) is 59.7 Å². The van der Waals surface area contributed by atoms with E-state index in [-0.39, 0.29) is 11.5 Å². The molecule has 0 radical (unpaired) electrons. The average Bonchev–Trinajstić information content (AvgIpc) is 2.45. The minimum Gasteiger partial charge on any atom is -0.507 e. The van der Waals surface area contributed by atoms with Crippen LogP contribution in [0.1, 0.15) is 22.3 Å². The van der Waals surface area contributed by atoms with Gasteiger partial charge in [-0.05, 0) is 36.2 Å². The summed E-state index contributed by atoms with van der Waals surface area (Å²) in [5, 5.41) is 9.65. The molecule has 0 fully saturated rings. The van der Waals surface area contributed by atoms with Crippen molar-refractivity contribution in [2.75, 3.05) is 19.0 Å². The third kappa shape index (κ3) is 3.38. The van der Waals surface area contributed by atoms with Gasteiger partial charge >= 0.3 is 0 Å². The summed E-state index contributed by atoms with van der Waals surface area (Å²) in [6.45, 7) is 0. The van der Waals surface area contributed by atoms with Crippen molar-refractivity contribution in [1.29, 1.82) is 0 Å². The van der Waals surface area contributed by atoms with Gasteiger partial charge in [-0.1, -0.05) is 24.3 Å². The first-order valence-corrected chi connectivity index (χ1v) is 6.65. The summed E-state index contributed by atoms with van der Waals surface area (Å²) in [4.78, 5) is 14.1. The third-order valence-electron chi connectivity index (χ3n) is 3.30. The summed E-state index contributed by atoms with van der Waals surface area (Å²) < 4.78 is 0. The number of aromatic hydroxyl groups is 1. The smallest absolute Gasteiger partial charge is 0.166 e. The van der Waals surface area contributed by atoms with Crippen LogP contribution >= 0.6 is 0 Å². The number of phenolic OH excluding ortho intramolecular Hbond substituents is 1. The molecular weight excluding hydrogens is 250 g/mol. The van der Waals surface area contributed by atoms with Crippen LogP contribution in [0, 0.1) is 0 Å². The Balaban J connectivity index is 1.98. The number of nitrogens with zero attached hydrogens (tertiary/aromatic N) is 1. The fraction of sp³-hybridized carbons (Fsp3) is 0.235. The van der Waals surface area contributed by atoms with Crippen LogP contribution in [0.2, 0.25) is 0 Å². The first-order chi connectivity index (χ1) is 9.58. The molecule has 0 spiro atoms. The van der Waals surface area contributed by atoms with Gasteiger partial charge in [0.25, 0.3) is 0 Å². The molecule has 2 rings (SSSR count). The first kappa shape index (κ1) is 14.1. The normalized spacial score (nSPS) is 10.3. The van der Waals surface area contributed by atoms with Crippen LogP contribution in [0.4, 0.5) is 5.69 Å². The monoisotopic (exact) mass is 269 g/mol. The highest BCUT2D eigenvalue weighted by Gasteiger charge is 2.10. The predicted octanol–water partition coefficient (Wildman–Crippen LogP) is 3.27. The molecule has 3 nitrogen and oxygen atoms in total. The van der Waals surface area contributed by atoms with Gasteiger partial charge in [0, 0.05) is 26.2 Å². The second-order valence-electron chi connectivity index (χ2n) is 5.00. The van der Waals surface area contributed by atoms with Crippen LogP contribution in [0.5, 0.6) is 5.75 Å². The zero-order valence-corrected chi connectivity index (χ0v) is 11.8. The molecular formula is C17H19NO2. The summed E-state index contributed by atoms with van der Waals surface area (Å²) in [7, 11) is 3.99. The summed E-state index contributed by atoms with van der Waals surface area (Å²) in [6.07, 6.45) is 1.08. The van der Waals surface area contributed by atoms with E-state index in [9.17, 15) is 9.90 Å². The molecule has 20 heavy (non-hydrogen) atoms. The highest BCUT2D eigenvalue weighted by atomic mass is 16.3. The zero-order chi connectivity index (χ0) is 14.5. The second-order valence-corrected chi connectivity index (χ2v) is 5.00. The fourth-order valence-corrected chi connectivity index (χ4v) is 2.06. The Kier molecular flexibility index (Phi) is 4.41. The first-order valence-electron chi connectivity index (χ1n) is 6.65. The Bertz CT molecular complexity index is 588. The van der Waals surface area contributed by atoms with Gasteiger partial charge in [-0.2, -0.15) is 0 Å². The van der Waals surface area contributed by atoms with Gasteiger partial charge in [0.05, 0.1) is 5.56 Å². The van der Waals surface area contributed by atoms with Crippen molar-refractivity contribution < 1.29 is 9.90 Å². The van der Waals surface area contributed by atoms with Crippen molar-refractivity contribution >= 4 is 11.5 Å². The molecule has 0 saturated carbocycles. The lowest BCUT2D eigenvalue weighted by Crippen LogP contribution is -2.08. The third-order valence-corrected chi connectivity index (χ3v) is 3.30. The summed E-state index contributed by atoms with van der Waals surface area (Å²) >= 11 is 0. The van der Waals surface area contributed by atoms with E-state index in [0.29, 0.717) is 18.4 Å². The number of benzene rings is 2. The molecule has 0 aliphatic carbocycles. The molecule has 0 amide bonds. The largest absolute Gasteiger partial charge is 0.507 e. The predicted molar refractivity (Wildman–Crippen MR) is 81.5 cm³/mol. The highest BCUT2D eigenvalue weighted by molar-refractivity contribution is 5.98. The van der Waals surface area contributed by atoms with Crippen molar-refractivity contribution in [1.82, 2.24) is 0 Å². The Morgan fingerprint density at radius 1 is 1.05 bits per heavy atom. The lowest BCUT2D eigenvalue weighted by atomic mass is 10.0. The number of hydrogen-bond donors (Lipinski definition) is 1. The number of ketones is 1. The van der Waals surface area contributed by atoms with E-state index in [1.165, 1.54) is 0 Å². The summed E-state index contributed by atoms with van der Waals surface area (Å²) in [5.74, 6) is 0.0280. The molecule has 0 saturated heterocycles. The van der Waals surface area contributed by atoms with E-state index < -0.39 is 0 Å². The van der Waals surface area contributed by atoms with Crippen LogP contribution in [-0.2, 0) is 6.42 Å². The van der Waals surface area contributed by atoms with Gasteiger partial charge in [-0.25, -0.2) is 0 Å². The van der Waals surface area contributed by atoms with Crippen molar-refractivity contribution in [3.63, 3.8) is 0 Å². The van der Waals surface area contributed by atoms with E-state index >= 15 is 0 Å². The molecule has 0 aliphatic heterocycles. The number of carbonyl (C=O) groups is 1. The number of anilines is 1. The zero-order valence-electron chi connectivity index (χ0n) is 11.8. The lowest BCUT2D eigenvalue weighted by Gasteiger charge is -2.12. The molecule has 0 bridgehead atoms. The Labute approximate surface area is 119 Å². The minimum atomic E-state index is -0.0280. The molecule has 104 valence electrons. The average molecular weight is 269 g/mol. The van der Waals surface area contributed by atoms with Gasteiger partial charge in [0.2, 0.25) is 0 Å². The number of para-hydroxylation sites is 1. The summed E-state index contributed by atoms with van der Waals surface area (Å²) in [6, 6.07) is 14.8. The van der Waals surface area contributed by atoms with E-state index in [1.807, 2.05) is 43.3 Å². The van der Waals surface area contributed by atoms with Crippen LogP contribution in [0.15, 0.2) is 48.5 Å². The topological polar surface area (TPSA) is 40.5 Å². The lowest BCUT2D eigenvalue weighted by molar-refractivity contribution is 0.0980. The van der Waals surface area contributed by atoms with Crippen LogP contribution in [-0.4, -0.2) is 25.0 Å². The molecule has 0 heterocycles. The Morgan fingerprint density at radius 2 is 1.70 bits per heavy atom. The van der Waals surface area contributed by atoms with Gasteiger partial charge in [0.1, 0.15) is 5.75 Å². The van der Waals surface area contributed by atoms with Crippen molar-refractivity contribution in [3.8, 4) is 5.75 Å². The molecule has 2 aromatic rings. The molecule has 3 heteroatoms. The van der Waals surface area contributed by atoms with E-state index in [1.54, 1.807) is 24.3 Å². The summed E-state index contributed by atoms with van der Waals surface area (Å²) in [5.41, 5.74) is 2.66. The number of rotatable bonds is 5. The van der Waals surface area contributed by atoms with E-state index in [0.717, 1.165) is 11.3 Å². The van der Waals surface area contributed by atoms with Gasteiger partial charge in [0.15, 0.2) is 5.78 Å². The molecule has 2 aromatic carbocycles. The Morgan fingerprint density at radius 3 is 2.30 bits per heavy atom. The maximum atomic E-state index is 12.0. The van der Waals surface area contributed by atoms with Crippen LogP contribution in [0.3, 0.4) is 0 Å². The number of hydrogen-bond acceptors (Lipinski definition) is 3. The maximum Gasteiger partial charge on any atom is 0.166 e. The van der Waals surface area contributed by atoms with Gasteiger partial charge < -0.3 is 10.0 Å². The van der Waals surface area contributed by atoms with Crippen LogP contribution in [0.25, 0.3) is 0 Å². The van der Waals surface area contributed by atoms with Crippen LogP contribution < -0.4 is 4.90 Å². The molecule has 0 atom stereocenters. The molecule has 0 unspecified atom stereocenters. The molecule has 1 N–H and O–H groups in total. The van der Waals surface area contributed by atoms with Gasteiger partial charge in [-0.15, -0.1) is 0 Å². The highest BCUT2D eigenvalue weighted by Crippen LogP contribution is 2.19. The SMILES string of the molecule is CN(C)c1ccc(CCC(=O)c2ccccc2O)cc1. The van der Waals surface area contributed by atoms with Crippen molar-refractivity contribution in [2.45, 2.75) is 12.8 Å². The van der Waals surface area contributed by atoms with Crippen molar-refractivity contribution in [2.24, 2.45) is 0 Å². The second kappa shape index (κ2) is 6.24. The standard InChI is InChI=1S/C17H19NO2/c1-18(2)14-10-7-13(8-11-14)9-12-17(20)15-5-3-4-6-16(15)19/h3-8,10-11,19H,9,12H2,1-2H3. The number of phenols is 1. The van der Waals surface area contributed by atoms with E-state index in [4.69, 9.17) is 0 Å².